The van der Waals surface area contributed by atoms with E-state index in [4.69, 9.17) is 46.4 Å². The van der Waals surface area contributed by atoms with Gasteiger partial charge in [-0.05, 0) is 41.8 Å². The highest BCUT2D eigenvalue weighted by atomic mass is 35.5. The molecule has 41 heavy (non-hydrogen) atoms. The van der Waals surface area contributed by atoms with Crippen LogP contribution in [0.2, 0.25) is 20.1 Å². The third-order valence-electron chi connectivity index (χ3n) is 6.34. The largest absolute Gasteiger partial charge is 0.354 e. The number of anilines is 1. The fourth-order valence-corrected chi connectivity index (χ4v) is 5.94. The average molecular weight is 659 g/mol. The van der Waals surface area contributed by atoms with E-state index in [1.54, 1.807) is 18.2 Å². The van der Waals surface area contributed by atoms with Gasteiger partial charge in [-0.1, -0.05) is 102 Å². The fraction of sp³-hybridized carbons (Fsp3) is 0.310. The van der Waals surface area contributed by atoms with Gasteiger partial charge in [0.1, 0.15) is 12.6 Å². The summed E-state index contributed by atoms with van der Waals surface area (Å²) >= 11 is 25.1. The summed E-state index contributed by atoms with van der Waals surface area (Å²) in [6.07, 6.45) is 2.79. The molecule has 3 aromatic carbocycles. The first-order valence-corrected chi connectivity index (χ1v) is 16.2. The van der Waals surface area contributed by atoms with Gasteiger partial charge in [0.25, 0.3) is 0 Å². The third kappa shape index (κ3) is 9.25. The molecular formula is C29H31Cl4N3O4S. The standard InChI is InChI=1S/C29H31Cl4N3O4S/c1-3-4-15-34-29(38)26(16-20-9-6-5-7-10-20)35(18-21-13-14-22(30)17-24(21)32)27(37)19-36(41(2,39)40)25-12-8-11-23(31)28(25)33/h5-14,17,26H,3-4,15-16,18-19H2,1-2H3,(H,34,38)/t26-/m0/s1. The van der Waals surface area contributed by atoms with Crippen LogP contribution in [0.5, 0.6) is 0 Å². The normalized spacial score (nSPS) is 12.0. The zero-order valence-corrected chi connectivity index (χ0v) is 26.5. The van der Waals surface area contributed by atoms with Crippen LogP contribution in [0.3, 0.4) is 0 Å². The van der Waals surface area contributed by atoms with Crippen molar-refractivity contribution in [3.63, 3.8) is 0 Å². The predicted molar refractivity (Wildman–Crippen MR) is 168 cm³/mol. The number of benzene rings is 3. The Morgan fingerprint density at radius 2 is 1.63 bits per heavy atom. The minimum atomic E-state index is -4.00. The first kappa shape index (κ1) is 33.0. The quantitative estimate of drug-likeness (QED) is 0.209. The van der Waals surface area contributed by atoms with Crippen molar-refractivity contribution in [3.8, 4) is 0 Å². The van der Waals surface area contributed by atoms with E-state index in [-0.39, 0.29) is 34.6 Å². The Balaban J connectivity index is 2.09. The van der Waals surface area contributed by atoms with Crippen LogP contribution in [0.25, 0.3) is 0 Å². The van der Waals surface area contributed by atoms with Crippen molar-refractivity contribution >= 4 is 73.9 Å². The Hall–Kier alpha value is -2.49. The highest BCUT2D eigenvalue weighted by molar-refractivity contribution is 7.92. The molecule has 0 aliphatic rings. The number of nitrogens with one attached hydrogen (secondary N) is 1. The second kappa shape index (κ2) is 15.1. The smallest absolute Gasteiger partial charge is 0.244 e. The SMILES string of the molecule is CCCCNC(=O)[C@H](Cc1ccccc1)N(Cc1ccc(Cl)cc1Cl)C(=O)CN(c1cccc(Cl)c1Cl)S(C)(=O)=O. The summed E-state index contributed by atoms with van der Waals surface area (Å²) in [5, 5.41) is 3.75. The Kier molecular flexibility index (Phi) is 12.2. The van der Waals surface area contributed by atoms with E-state index in [9.17, 15) is 18.0 Å². The summed E-state index contributed by atoms with van der Waals surface area (Å²) in [7, 11) is -4.00. The second-order valence-corrected chi connectivity index (χ2v) is 13.0. The van der Waals surface area contributed by atoms with E-state index in [1.807, 2.05) is 37.3 Å². The Labute approximate surface area is 261 Å². The lowest BCUT2D eigenvalue weighted by Crippen LogP contribution is -2.53. The predicted octanol–water partition coefficient (Wildman–Crippen LogP) is 6.62. The molecule has 0 saturated heterocycles. The van der Waals surface area contributed by atoms with Gasteiger partial charge in [0.15, 0.2) is 0 Å². The van der Waals surface area contributed by atoms with Crippen LogP contribution in [-0.4, -0.2) is 50.5 Å². The molecule has 7 nitrogen and oxygen atoms in total. The van der Waals surface area contributed by atoms with Gasteiger partial charge < -0.3 is 10.2 Å². The minimum Gasteiger partial charge on any atom is -0.354 e. The van der Waals surface area contributed by atoms with Crippen LogP contribution in [0.1, 0.15) is 30.9 Å². The van der Waals surface area contributed by atoms with Gasteiger partial charge in [0.2, 0.25) is 21.8 Å². The number of nitrogens with zero attached hydrogens (tertiary/aromatic N) is 2. The second-order valence-electron chi connectivity index (χ2n) is 9.45. The number of amides is 2. The number of rotatable bonds is 13. The Morgan fingerprint density at radius 3 is 2.27 bits per heavy atom. The summed E-state index contributed by atoms with van der Waals surface area (Å²) in [5.41, 5.74) is 1.41. The number of halogens is 4. The fourth-order valence-electron chi connectivity index (χ4n) is 4.17. The van der Waals surface area contributed by atoms with Crippen LogP contribution in [0.4, 0.5) is 5.69 Å². The first-order valence-electron chi connectivity index (χ1n) is 12.9. The molecule has 0 aliphatic heterocycles. The number of hydrogen-bond acceptors (Lipinski definition) is 4. The highest BCUT2D eigenvalue weighted by Crippen LogP contribution is 2.34. The molecule has 3 aromatic rings. The molecule has 0 heterocycles. The lowest BCUT2D eigenvalue weighted by Gasteiger charge is -2.34. The lowest BCUT2D eigenvalue weighted by molar-refractivity contribution is -0.140. The van der Waals surface area contributed by atoms with Crippen molar-refractivity contribution in [2.24, 2.45) is 0 Å². The van der Waals surface area contributed by atoms with Crippen molar-refractivity contribution in [1.82, 2.24) is 10.2 Å². The molecule has 0 fully saturated rings. The zero-order valence-electron chi connectivity index (χ0n) is 22.6. The average Bonchev–Trinajstić information content (AvgIpc) is 2.92. The number of unbranched alkanes of at least 4 members (excludes halogenated alkanes) is 1. The molecule has 0 radical (unpaired) electrons. The number of carbonyl (C=O) groups excluding carboxylic acids is 2. The van der Waals surface area contributed by atoms with E-state index in [0.29, 0.717) is 22.2 Å². The number of sulfonamides is 1. The van der Waals surface area contributed by atoms with E-state index >= 15 is 0 Å². The summed E-state index contributed by atoms with van der Waals surface area (Å²) in [5.74, 6) is -1.00. The molecule has 220 valence electrons. The molecule has 0 aliphatic carbocycles. The third-order valence-corrected chi connectivity index (χ3v) is 8.86. The van der Waals surface area contributed by atoms with Crippen molar-refractivity contribution < 1.29 is 18.0 Å². The number of carbonyl (C=O) groups is 2. The molecule has 0 spiro atoms. The van der Waals surface area contributed by atoms with Gasteiger partial charge in [0.05, 0.1) is 22.0 Å². The van der Waals surface area contributed by atoms with Gasteiger partial charge in [-0.15, -0.1) is 0 Å². The van der Waals surface area contributed by atoms with Crippen LogP contribution in [0, 0.1) is 0 Å². The minimum absolute atomic E-state index is 0.0159. The van der Waals surface area contributed by atoms with Crippen molar-refractivity contribution in [3.05, 3.63) is 97.9 Å². The molecule has 0 unspecified atom stereocenters. The van der Waals surface area contributed by atoms with Gasteiger partial charge in [-0.25, -0.2) is 8.42 Å². The van der Waals surface area contributed by atoms with Gasteiger partial charge in [0, 0.05) is 29.6 Å². The van der Waals surface area contributed by atoms with Gasteiger partial charge >= 0.3 is 0 Å². The molecule has 1 N–H and O–H groups in total. The molecule has 2 amide bonds. The maximum Gasteiger partial charge on any atom is 0.244 e. The summed E-state index contributed by atoms with van der Waals surface area (Å²) in [6, 6.07) is 17.6. The molecule has 12 heteroatoms. The molecule has 0 bridgehead atoms. The van der Waals surface area contributed by atoms with E-state index in [2.05, 4.69) is 5.32 Å². The van der Waals surface area contributed by atoms with Crippen LogP contribution in [-0.2, 0) is 32.6 Å². The molecule has 0 saturated carbocycles. The highest BCUT2D eigenvalue weighted by Gasteiger charge is 2.34. The van der Waals surface area contributed by atoms with Gasteiger partial charge in [-0.2, -0.15) is 0 Å². The summed E-state index contributed by atoms with van der Waals surface area (Å²) < 4.78 is 26.7. The summed E-state index contributed by atoms with van der Waals surface area (Å²) in [6.45, 7) is 1.73. The Bertz CT molecular complexity index is 1470. The van der Waals surface area contributed by atoms with E-state index < -0.39 is 28.5 Å². The van der Waals surface area contributed by atoms with Crippen LogP contribution < -0.4 is 9.62 Å². The molecule has 1 atom stereocenters. The monoisotopic (exact) mass is 657 g/mol. The van der Waals surface area contributed by atoms with Crippen LogP contribution in [0.15, 0.2) is 66.7 Å². The van der Waals surface area contributed by atoms with E-state index in [0.717, 1.165) is 29.0 Å². The van der Waals surface area contributed by atoms with E-state index in [1.165, 1.54) is 23.1 Å². The summed E-state index contributed by atoms with van der Waals surface area (Å²) in [4.78, 5) is 29.1. The van der Waals surface area contributed by atoms with Gasteiger partial charge in [-0.3, -0.25) is 13.9 Å². The maximum atomic E-state index is 14.1. The lowest BCUT2D eigenvalue weighted by atomic mass is 10.0. The Morgan fingerprint density at radius 1 is 0.927 bits per heavy atom. The van der Waals surface area contributed by atoms with Crippen molar-refractivity contribution in [2.75, 3.05) is 23.7 Å². The topological polar surface area (TPSA) is 86.8 Å². The van der Waals surface area contributed by atoms with Crippen LogP contribution >= 0.6 is 46.4 Å². The molecule has 0 aromatic heterocycles. The van der Waals surface area contributed by atoms with Crippen molar-refractivity contribution in [2.45, 2.75) is 38.8 Å². The number of hydrogen-bond donors (Lipinski definition) is 1. The van der Waals surface area contributed by atoms with Crippen molar-refractivity contribution in [1.29, 1.82) is 0 Å². The first-order chi connectivity index (χ1) is 19.4. The molecule has 3 rings (SSSR count). The zero-order chi connectivity index (χ0) is 30.2. The molecular weight excluding hydrogens is 628 g/mol. The maximum absolute atomic E-state index is 14.1.